The summed E-state index contributed by atoms with van der Waals surface area (Å²) in [5, 5.41) is 3.41. The van der Waals surface area contributed by atoms with Crippen molar-refractivity contribution in [3.05, 3.63) is 29.6 Å². The topological polar surface area (TPSA) is 34.1 Å². The number of unbranched alkanes of at least 4 members (excludes halogenated alkanes) is 1. The van der Waals surface area contributed by atoms with Gasteiger partial charge in [-0.1, -0.05) is 6.07 Å². The third-order valence-electron chi connectivity index (χ3n) is 2.38. The van der Waals surface area contributed by atoms with Crippen LogP contribution >= 0.6 is 12.4 Å². The molecule has 0 unspecified atom stereocenters. The molecule has 0 atom stereocenters. The van der Waals surface area contributed by atoms with Crippen molar-refractivity contribution in [1.29, 1.82) is 0 Å². The van der Waals surface area contributed by atoms with Crippen LogP contribution in [0.25, 0.3) is 0 Å². The lowest BCUT2D eigenvalue weighted by atomic mass is 10.2. The molecule has 92 valence electrons. The van der Waals surface area contributed by atoms with Gasteiger partial charge in [0.15, 0.2) is 0 Å². The molecule has 0 spiro atoms. The quantitative estimate of drug-likeness (QED) is 0.748. The maximum Gasteiger partial charge on any atom is 0.0462 e. The lowest BCUT2D eigenvalue weighted by Gasteiger charge is -2.06. The first-order valence-electron chi connectivity index (χ1n) is 5.44. The summed E-state index contributed by atoms with van der Waals surface area (Å²) in [5.74, 6) is 0. The lowest BCUT2D eigenvalue weighted by molar-refractivity contribution is 0.192. The molecule has 3 nitrogen and oxygen atoms in total. The summed E-state index contributed by atoms with van der Waals surface area (Å²) in [5.41, 5.74) is 2.39. The van der Waals surface area contributed by atoms with Gasteiger partial charge in [0, 0.05) is 32.2 Å². The number of nitrogens with zero attached hydrogens (tertiary/aromatic N) is 1. The van der Waals surface area contributed by atoms with Crippen molar-refractivity contribution >= 4 is 12.4 Å². The Morgan fingerprint density at radius 1 is 1.38 bits per heavy atom. The Hall–Kier alpha value is -0.640. The number of aryl methyl sites for hydroxylation is 1. The first-order chi connectivity index (χ1) is 7.34. The summed E-state index contributed by atoms with van der Waals surface area (Å²) in [6, 6.07) is 4.10. The minimum Gasteiger partial charge on any atom is -0.385 e. The standard InChI is InChI=1S/C12H20N2O.ClH/c1-11-12(6-5-8-14-11)10-13-7-3-4-9-15-2;/h5-6,8,13H,3-4,7,9-10H2,1-2H3;1H. The summed E-state index contributed by atoms with van der Waals surface area (Å²) < 4.78 is 4.99. The number of rotatable bonds is 7. The molecule has 0 fully saturated rings. The lowest BCUT2D eigenvalue weighted by Crippen LogP contribution is -2.16. The van der Waals surface area contributed by atoms with Crippen molar-refractivity contribution in [2.24, 2.45) is 0 Å². The van der Waals surface area contributed by atoms with Gasteiger partial charge in [-0.15, -0.1) is 12.4 Å². The second-order valence-corrected chi connectivity index (χ2v) is 3.62. The average Bonchev–Trinajstić information content (AvgIpc) is 2.25. The molecule has 1 aromatic rings. The van der Waals surface area contributed by atoms with Gasteiger partial charge in [-0.2, -0.15) is 0 Å². The fourth-order valence-electron chi connectivity index (χ4n) is 1.42. The number of pyridine rings is 1. The smallest absolute Gasteiger partial charge is 0.0462 e. The Balaban J connectivity index is 0.00000225. The zero-order valence-electron chi connectivity index (χ0n) is 10.0. The minimum atomic E-state index is 0. The van der Waals surface area contributed by atoms with Crippen LogP contribution < -0.4 is 5.32 Å². The van der Waals surface area contributed by atoms with Gasteiger partial charge < -0.3 is 10.1 Å². The molecule has 0 saturated heterocycles. The largest absolute Gasteiger partial charge is 0.385 e. The number of ether oxygens (including phenoxy) is 1. The molecule has 1 rings (SSSR count). The van der Waals surface area contributed by atoms with Crippen molar-refractivity contribution in [1.82, 2.24) is 10.3 Å². The molecule has 4 heteroatoms. The molecule has 1 N–H and O–H groups in total. The Labute approximate surface area is 104 Å². The predicted molar refractivity (Wildman–Crippen MR) is 69.0 cm³/mol. The molecule has 0 aromatic carbocycles. The molecule has 0 bridgehead atoms. The van der Waals surface area contributed by atoms with E-state index in [-0.39, 0.29) is 12.4 Å². The molecule has 0 saturated carbocycles. The third kappa shape index (κ3) is 6.05. The highest BCUT2D eigenvalue weighted by atomic mass is 35.5. The summed E-state index contributed by atoms with van der Waals surface area (Å²) >= 11 is 0. The van der Waals surface area contributed by atoms with E-state index in [1.807, 2.05) is 19.2 Å². The molecule has 0 amide bonds. The van der Waals surface area contributed by atoms with E-state index in [2.05, 4.69) is 16.4 Å². The fourth-order valence-corrected chi connectivity index (χ4v) is 1.42. The average molecular weight is 245 g/mol. The van der Waals surface area contributed by atoms with Gasteiger partial charge in [-0.05, 0) is 37.9 Å². The van der Waals surface area contributed by atoms with E-state index in [0.29, 0.717) is 0 Å². The van der Waals surface area contributed by atoms with Crippen LogP contribution in [0.5, 0.6) is 0 Å². The molecule has 16 heavy (non-hydrogen) atoms. The Bertz CT molecular complexity index is 281. The SMILES string of the molecule is COCCCCNCc1cccnc1C.Cl. The Kier molecular flexibility index (Phi) is 9.19. The Morgan fingerprint density at radius 2 is 2.19 bits per heavy atom. The Morgan fingerprint density at radius 3 is 2.88 bits per heavy atom. The molecule has 0 aliphatic rings. The van der Waals surface area contributed by atoms with E-state index in [1.54, 1.807) is 7.11 Å². The molecule has 1 aromatic heterocycles. The first-order valence-corrected chi connectivity index (χ1v) is 5.44. The van der Waals surface area contributed by atoms with Crippen LogP contribution in [0.3, 0.4) is 0 Å². The summed E-state index contributed by atoms with van der Waals surface area (Å²) in [6.45, 7) is 4.85. The highest BCUT2D eigenvalue weighted by Gasteiger charge is 1.96. The number of methoxy groups -OCH3 is 1. The van der Waals surface area contributed by atoms with Crippen molar-refractivity contribution in [3.8, 4) is 0 Å². The van der Waals surface area contributed by atoms with E-state index in [9.17, 15) is 0 Å². The normalized spacial score (nSPS) is 9.88. The predicted octanol–water partition coefficient (Wildman–Crippen LogP) is 2.33. The number of hydrogen-bond donors (Lipinski definition) is 1. The van der Waals surface area contributed by atoms with E-state index in [0.717, 1.165) is 38.2 Å². The van der Waals surface area contributed by atoms with Crippen LogP contribution in [0.4, 0.5) is 0 Å². The van der Waals surface area contributed by atoms with Gasteiger partial charge in [0.2, 0.25) is 0 Å². The summed E-state index contributed by atoms with van der Waals surface area (Å²) in [7, 11) is 1.74. The van der Waals surface area contributed by atoms with Crippen molar-refractivity contribution in [3.63, 3.8) is 0 Å². The van der Waals surface area contributed by atoms with Crippen LogP contribution in [-0.2, 0) is 11.3 Å². The highest BCUT2D eigenvalue weighted by Crippen LogP contribution is 2.02. The monoisotopic (exact) mass is 244 g/mol. The maximum absolute atomic E-state index is 4.99. The number of nitrogens with one attached hydrogen (secondary N) is 1. The van der Waals surface area contributed by atoms with Crippen LogP contribution in [0, 0.1) is 6.92 Å². The van der Waals surface area contributed by atoms with Crippen LogP contribution in [-0.4, -0.2) is 25.2 Å². The molecule has 0 radical (unpaired) electrons. The zero-order valence-corrected chi connectivity index (χ0v) is 10.8. The summed E-state index contributed by atoms with van der Waals surface area (Å²) in [4.78, 5) is 4.25. The first kappa shape index (κ1) is 15.4. The van der Waals surface area contributed by atoms with Gasteiger partial charge in [-0.25, -0.2) is 0 Å². The van der Waals surface area contributed by atoms with E-state index in [1.165, 1.54) is 5.56 Å². The summed E-state index contributed by atoms with van der Waals surface area (Å²) in [6.07, 6.45) is 4.11. The van der Waals surface area contributed by atoms with E-state index >= 15 is 0 Å². The molecule has 1 heterocycles. The van der Waals surface area contributed by atoms with Gasteiger partial charge in [0.1, 0.15) is 0 Å². The van der Waals surface area contributed by atoms with Gasteiger partial charge >= 0.3 is 0 Å². The molecule has 0 aliphatic heterocycles. The second-order valence-electron chi connectivity index (χ2n) is 3.62. The van der Waals surface area contributed by atoms with Crippen LogP contribution in [0.1, 0.15) is 24.1 Å². The second kappa shape index (κ2) is 9.58. The maximum atomic E-state index is 4.99. The molecule has 0 aliphatic carbocycles. The fraction of sp³-hybridized carbons (Fsp3) is 0.583. The van der Waals surface area contributed by atoms with Gasteiger partial charge in [-0.3, -0.25) is 4.98 Å². The zero-order chi connectivity index (χ0) is 10.9. The van der Waals surface area contributed by atoms with Gasteiger partial charge in [0.05, 0.1) is 0 Å². The van der Waals surface area contributed by atoms with Crippen LogP contribution in [0.2, 0.25) is 0 Å². The van der Waals surface area contributed by atoms with E-state index < -0.39 is 0 Å². The van der Waals surface area contributed by atoms with Gasteiger partial charge in [0.25, 0.3) is 0 Å². The minimum absolute atomic E-state index is 0. The van der Waals surface area contributed by atoms with Crippen molar-refractivity contribution < 1.29 is 4.74 Å². The molecular weight excluding hydrogens is 224 g/mol. The number of halogens is 1. The van der Waals surface area contributed by atoms with E-state index in [4.69, 9.17) is 4.74 Å². The van der Waals surface area contributed by atoms with Crippen LogP contribution in [0.15, 0.2) is 18.3 Å². The van der Waals surface area contributed by atoms with Crippen molar-refractivity contribution in [2.75, 3.05) is 20.3 Å². The third-order valence-corrected chi connectivity index (χ3v) is 2.38. The highest BCUT2D eigenvalue weighted by molar-refractivity contribution is 5.85. The number of aromatic nitrogens is 1. The molecular formula is C12H21ClN2O. The van der Waals surface area contributed by atoms with Crippen molar-refractivity contribution in [2.45, 2.75) is 26.3 Å². The number of hydrogen-bond acceptors (Lipinski definition) is 3.